The van der Waals surface area contributed by atoms with Crippen LogP contribution in [0.2, 0.25) is 0 Å². The molecular weight excluding hydrogens is 365 g/mol. The van der Waals surface area contributed by atoms with Crippen molar-refractivity contribution in [3.05, 3.63) is 18.2 Å². The second-order valence-electron chi connectivity index (χ2n) is 5.86. The molecule has 1 aromatic rings. The lowest BCUT2D eigenvalue weighted by Crippen LogP contribution is -2.44. The number of hydrogen-bond donors (Lipinski definition) is 1. The molecule has 3 heterocycles. The van der Waals surface area contributed by atoms with E-state index in [9.17, 15) is 0 Å². The van der Waals surface area contributed by atoms with Gasteiger partial charge in [-0.1, -0.05) is 6.92 Å². The Hall–Kier alpha value is -0.790. The summed E-state index contributed by atoms with van der Waals surface area (Å²) in [4.78, 5) is 11.4. The van der Waals surface area contributed by atoms with Crippen LogP contribution >= 0.6 is 24.0 Å². The summed E-state index contributed by atoms with van der Waals surface area (Å²) in [5.41, 5.74) is 6.19. The van der Waals surface area contributed by atoms with Gasteiger partial charge in [-0.15, -0.1) is 24.0 Å². The minimum atomic E-state index is 0. The van der Waals surface area contributed by atoms with E-state index in [0.717, 1.165) is 50.2 Å². The minimum absolute atomic E-state index is 0. The molecule has 0 bridgehead atoms. The Morgan fingerprint density at radius 2 is 2.25 bits per heavy atom. The first-order chi connectivity index (χ1) is 9.22. The third kappa shape index (κ3) is 3.45. The third-order valence-electron chi connectivity index (χ3n) is 4.22. The fourth-order valence-corrected chi connectivity index (χ4v) is 3.11. The molecule has 0 radical (unpaired) electrons. The summed E-state index contributed by atoms with van der Waals surface area (Å²) in [5.74, 6) is 2.60. The summed E-state index contributed by atoms with van der Waals surface area (Å²) in [5, 5.41) is 0. The maximum atomic E-state index is 6.19. The van der Waals surface area contributed by atoms with Crippen molar-refractivity contribution in [3.63, 3.8) is 0 Å². The summed E-state index contributed by atoms with van der Waals surface area (Å²) >= 11 is 0. The zero-order valence-electron chi connectivity index (χ0n) is 12.0. The highest BCUT2D eigenvalue weighted by Crippen LogP contribution is 2.18. The van der Waals surface area contributed by atoms with Crippen molar-refractivity contribution in [1.82, 2.24) is 14.5 Å². The van der Waals surface area contributed by atoms with Crippen LogP contribution in [0.15, 0.2) is 17.4 Å². The molecule has 0 aliphatic carbocycles. The molecule has 2 aliphatic heterocycles. The van der Waals surface area contributed by atoms with Crippen LogP contribution in [0.5, 0.6) is 0 Å². The molecule has 1 aromatic heterocycles. The molecule has 1 saturated heterocycles. The van der Waals surface area contributed by atoms with E-state index in [2.05, 4.69) is 21.4 Å². The van der Waals surface area contributed by atoms with Crippen molar-refractivity contribution in [1.29, 1.82) is 0 Å². The molecule has 0 saturated carbocycles. The van der Waals surface area contributed by atoms with Crippen molar-refractivity contribution in [3.8, 4) is 0 Å². The zero-order chi connectivity index (χ0) is 13.2. The van der Waals surface area contributed by atoms with Gasteiger partial charge in [0.1, 0.15) is 5.82 Å². The molecular formula is C14H24IN5. The molecule has 0 aromatic carbocycles. The van der Waals surface area contributed by atoms with E-state index in [-0.39, 0.29) is 24.0 Å². The van der Waals surface area contributed by atoms with Gasteiger partial charge in [-0.2, -0.15) is 0 Å². The average Bonchev–Trinajstić information content (AvgIpc) is 2.86. The van der Waals surface area contributed by atoms with E-state index in [0.29, 0.717) is 6.04 Å². The van der Waals surface area contributed by atoms with Gasteiger partial charge in [-0.3, -0.25) is 0 Å². The van der Waals surface area contributed by atoms with Crippen LogP contribution in [0.4, 0.5) is 0 Å². The van der Waals surface area contributed by atoms with Gasteiger partial charge >= 0.3 is 0 Å². The highest BCUT2D eigenvalue weighted by Gasteiger charge is 2.22. The number of likely N-dealkylation sites (tertiary alicyclic amines) is 1. The van der Waals surface area contributed by atoms with Crippen molar-refractivity contribution in [2.75, 3.05) is 13.1 Å². The standard InChI is InChI=1S/C14H23N5.HI/c1-11-3-2-6-19(10-11)14(15)17-12-4-7-18-8-5-16-13(18)9-12;/h5,8,11-12H,2-4,6-7,9-10H2,1H3,(H2,15,17);1H. The number of aliphatic imine (C=N–C) groups is 1. The SMILES string of the molecule is CC1CCCN(C(N)=NC2CCn3ccnc3C2)C1.I. The number of aromatic nitrogens is 2. The van der Waals surface area contributed by atoms with Gasteiger partial charge in [0.15, 0.2) is 5.96 Å². The molecule has 2 N–H and O–H groups in total. The molecule has 0 spiro atoms. The molecule has 1 fully saturated rings. The first kappa shape index (κ1) is 15.6. The Morgan fingerprint density at radius 3 is 3.05 bits per heavy atom. The van der Waals surface area contributed by atoms with E-state index in [4.69, 9.17) is 10.7 Å². The number of fused-ring (bicyclic) bond motifs is 1. The van der Waals surface area contributed by atoms with Crippen molar-refractivity contribution >= 4 is 29.9 Å². The molecule has 0 amide bonds. The number of guanidine groups is 1. The number of rotatable bonds is 1. The number of nitrogens with two attached hydrogens (primary N) is 1. The number of halogens is 1. The number of nitrogens with zero attached hydrogens (tertiary/aromatic N) is 4. The smallest absolute Gasteiger partial charge is 0.191 e. The number of hydrogen-bond acceptors (Lipinski definition) is 2. The molecule has 3 rings (SSSR count). The van der Waals surface area contributed by atoms with Crippen LogP contribution in [0, 0.1) is 5.92 Å². The van der Waals surface area contributed by atoms with Gasteiger partial charge < -0.3 is 15.2 Å². The van der Waals surface area contributed by atoms with Crippen LogP contribution in [0.1, 0.15) is 32.0 Å². The van der Waals surface area contributed by atoms with E-state index in [1.165, 1.54) is 12.8 Å². The lowest BCUT2D eigenvalue weighted by molar-refractivity contribution is 0.269. The fraction of sp³-hybridized carbons (Fsp3) is 0.714. The molecule has 2 atom stereocenters. The van der Waals surface area contributed by atoms with Crippen LogP contribution in [0.3, 0.4) is 0 Å². The van der Waals surface area contributed by atoms with Gasteiger partial charge in [0.2, 0.25) is 0 Å². The van der Waals surface area contributed by atoms with Crippen LogP contribution in [0.25, 0.3) is 0 Å². The van der Waals surface area contributed by atoms with Gasteiger partial charge in [0, 0.05) is 38.4 Å². The van der Waals surface area contributed by atoms with Gasteiger partial charge in [-0.05, 0) is 25.2 Å². The Morgan fingerprint density at radius 1 is 1.40 bits per heavy atom. The van der Waals surface area contributed by atoms with Gasteiger partial charge in [-0.25, -0.2) is 9.98 Å². The molecule has 2 aliphatic rings. The van der Waals surface area contributed by atoms with Crippen LogP contribution in [-0.2, 0) is 13.0 Å². The van der Waals surface area contributed by atoms with Crippen LogP contribution in [-0.4, -0.2) is 39.5 Å². The van der Waals surface area contributed by atoms with E-state index in [1.54, 1.807) is 0 Å². The minimum Gasteiger partial charge on any atom is -0.370 e. The summed E-state index contributed by atoms with van der Waals surface area (Å²) in [6.45, 7) is 5.40. The van der Waals surface area contributed by atoms with E-state index < -0.39 is 0 Å². The van der Waals surface area contributed by atoms with Crippen molar-refractivity contribution < 1.29 is 0 Å². The maximum Gasteiger partial charge on any atom is 0.191 e. The first-order valence-corrected chi connectivity index (χ1v) is 7.30. The maximum absolute atomic E-state index is 6.19. The predicted octanol–water partition coefficient (Wildman–Crippen LogP) is 1.86. The lowest BCUT2D eigenvalue weighted by atomic mass is 10.0. The van der Waals surface area contributed by atoms with Crippen molar-refractivity contribution in [2.45, 2.75) is 45.2 Å². The quantitative estimate of drug-likeness (QED) is 0.453. The molecule has 5 nitrogen and oxygen atoms in total. The first-order valence-electron chi connectivity index (χ1n) is 7.30. The Bertz CT molecular complexity index is 470. The molecule has 6 heteroatoms. The number of piperidine rings is 1. The van der Waals surface area contributed by atoms with Gasteiger partial charge in [0.05, 0.1) is 6.04 Å². The number of imidazole rings is 1. The average molecular weight is 389 g/mol. The highest BCUT2D eigenvalue weighted by molar-refractivity contribution is 14.0. The van der Waals surface area contributed by atoms with Gasteiger partial charge in [0.25, 0.3) is 0 Å². The Kier molecular flexibility index (Phi) is 5.29. The lowest BCUT2D eigenvalue weighted by Gasteiger charge is -2.32. The normalized spacial score (nSPS) is 26.9. The third-order valence-corrected chi connectivity index (χ3v) is 4.22. The molecule has 20 heavy (non-hydrogen) atoms. The van der Waals surface area contributed by atoms with E-state index >= 15 is 0 Å². The number of aryl methyl sites for hydroxylation is 1. The molecule has 112 valence electrons. The summed E-state index contributed by atoms with van der Waals surface area (Å²) in [6.07, 6.45) is 8.43. The summed E-state index contributed by atoms with van der Waals surface area (Å²) in [6, 6.07) is 0.298. The Balaban J connectivity index is 0.00000147. The fourth-order valence-electron chi connectivity index (χ4n) is 3.11. The molecule has 2 unspecified atom stereocenters. The second-order valence-corrected chi connectivity index (χ2v) is 5.86. The monoisotopic (exact) mass is 389 g/mol. The predicted molar refractivity (Wildman–Crippen MR) is 91.3 cm³/mol. The van der Waals surface area contributed by atoms with Crippen LogP contribution < -0.4 is 5.73 Å². The zero-order valence-corrected chi connectivity index (χ0v) is 14.4. The van der Waals surface area contributed by atoms with E-state index in [1.807, 2.05) is 12.4 Å². The summed E-state index contributed by atoms with van der Waals surface area (Å²) < 4.78 is 2.21. The second kappa shape index (κ2) is 6.78. The summed E-state index contributed by atoms with van der Waals surface area (Å²) in [7, 11) is 0. The Labute approximate surface area is 137 Å². The van der Waals surface area contributed by atoms with Crippen molar-refractivity contribution in [2.24, 2.45) is 16.6 Å². The topological polar surface area (TPSA) is 59.4 Å². The highest BCUT2D eigenvalue weighted by atomic mass is 127. The largest absolute Gasteiger partial charge is 0.370 e.